The van der Waals surface area contributed by atoms with E-state index in [1.54, 1.807) is 0 Å². The van der Waals surface area contributed by atoms with Crippen molar-refractivity contribution in [2.45, 2.75) is 62.1 Å². The van der Waals surface area contributed by atoms with Gasteiger partial charge < -0.3 is 45.4 Å². The number of nitrogens with zero attached hydrogens (tertiary/aromatic N) is 1. The van der Waals surface area contributed by atoms with Crippen LogP contribution in [-0.2, 0) is 32.0 Å². The van der Waals surface area contributed by atoms with Gasteiger partial charge in [0.2, 0.25) is 0 Å². The predicted octanol–water partition coefficient (Wildman–Crippen LogP) is -3.80. The van der Waals surface area contributed by atoms with Crippen molar-refractivity contribution in [2.24, 2.45) is 5.73 Å². The molecule has 0 bridgehead atoms. The number of nitrogens with one attached hydrogen (secondary N) is 1. The molecule has 1 aromatic rings. The molecule has 2 aliphatic heterocycles. The number of aliphatic hydroxyl groups is 4. The van der Waals surface area contributed by atoms with Crippen LogP contribution in [0.15, 0.2) is 21.9 Å². The van der Waals surface area contributed by atoms with Gasteiger partial charge in [-0.05, 0) is 6.92 Å². The fourth-order valence-electron chi connectivity index (χ4n) is 3.34. The number of ether oxygens (including phenoxy) is 2. The summed E-state index contributed by atoms with van der Waals surface area (Å²) in [5.74, 6) is 0. The molecule has 0 radical (unpaired) electrons. The molecule has 0 saturated carbocycles. The standard InChI is InChI=1S/C15H25N3O15P2/c1-5-9(20)11(22)8(16)14(30-5)32-35(27,28)33-34(25,26)29-4-6-10(21)12(23)13(31-6)18-3-2-7(19)17-15(18)24/h2-3,5-6,8-14,20-23H,4,16H2,1H3,(H,25,26)(H,27,28)(H,17,19,24)/t5-,6+,8-,9+,10+,11-,12+,13+,14+/m0/s1. The second kappa shape index (κ2) is 10.6. The van der Waals surface area contributed by atoms with Crippen molar-refractivity contribution in [3.63, 3.8) is 0 Å². The van der Waals surface area contributed by atoms with Gasteiger partial charge in [-0.1, -0.05) is 0 Å². The zero-order chi connectivity index (χ0) is 26.3. The summed E-state index contributed by atoms with van der Waals surface area (Å²) in [6.45, 7) is 0.330. The van der Waals surface area contributed by atoms with Crippen LogP contribution in [0, 0.1) is 0 Å². The third-order valence-electron chi connectivity index (χ3n) is 5.20. The van der Waals surface area contributed by atoms with E-state index in [-0.39, 0.29) is 0 Å². The molecule has 2 saturated heterocycles. The Morgan fingerprint density at radius 1 is 1.06 bits per heavy atom. The minimum absolute atomic E-state index is 0.729. The quantitative estimate of drug-likeness (QED) is 0.144. The monoisotopic (exact) mass is 549 g/mol. The summed E-state index contributed by atoms with van der Waals surface area (Å²) < 4.78 is 48.7. The molecule has 0 aromatic carbocycles. The summed E-state index contributed by atoms with van der Waals surface area (Å²) in [6.07, 6.45) is -11.5. The van der Waals surface area contributed by atoms with Gasteiger partial charge in [0.25, 0.3) is 5.56 Å². The average Bonchev–Trinajstić information content (AvgIpc) is 3.02. The normalized spacial score (nSPS) is 39.1. The zero-order valence-corrected chi connectivity index (χ0v) is 19.6. The number of hydrogen-bond acceptors (Lipinski definition) is 14. The summed E-state index contributed by atoms with van der Waals surface area (Å²) in [7, 11) is -10.8. The summed E-state index contributed by atoms with van der Waals surface area (Å²) >= 11 is 0. The molecule has 1 aromatic heterocycles. The van der Waals surface area contributed by atoms with Crippen molar-refractivity contribution < 1.29 is 62.2 Å². The number of phosphoric acid groups is 2. The molecule has 35 heavy (non-hydrogen) atoms. The number of H-pyrrole nitrogens is 1. The van der Waals surface area contributed by atoms with Gasteiger partial charge in [0.1, 0.15) is 30.5 Å². The number of rotatable bonds is 8. The van der Waals surface area contributed by atoms with Gasteiger partial charge in [-0.25, -0.2) is 13.9 Å². The number of phosphoric ester groups is 2. The van der Waals surface area contributed by atoms with E-state index in [1.807, 2.05) is 4.98 Å². The van der Waals surface area contributed by atoms with Crippen molar-refractivity contribution in [2.75, 3.05) is 6.61 Å². The fourth-order valence-corrected chi connectivity index (χ4v) is 5.51. The maximum Gasteiger partial charge on any atom is 0.483 e. The van der Waals surface area contributed by atoms with E-state index in [1.165, 1.54) is 6.92 Å². The Morgan fingerprint density at radius 2 is 1.71 bits per heavy atom. The molecule has 0 spiro atoms. The average molecular weight is 549 g/mol. The van der Waals surface area contributed by atoms with Crippen LogP contribution in [-0.4, -0.2) is 95.3 Å². The van der Waals surface area contributed by atoms with Crippen LogP contribution in [0.4, 0.5) is 0 Å². The summed E-state index contributed by atoms with van der Waals surface area (Å²) in [4.78, 5) is 44.6. The minimum Gasteiger partial charge on any atom is -0.388 e. The van der Waals surface area contributed by atoms with Gasteiger partial charge in [-0.3, -0.25) is 23.4 Å². The molecule has 2 fully saturated rings. The Hall–Kier alpha value is -1.34. The Labute approximate surface area is 195 Å². The van der Waals surface area contributed by atoms with Crippen molar-refractivity contribution in [3.05, 3.63) is 33.1 Å². The number of nitrogens with two attached hydrogens (primary N) is 1. The zero-order valence-electron chi connectivity index (χ0n) is 17.8. The molecule has 3 heterocycles. The van der Waals surface area contributed by atoms with E-state index < -0.39 is 88.7 Å². The number of hydrogen-bond donors (Lipinski definition) is 8. The van der Waals surface area contributed by atoms with Gasteiger partial charge in [0.05, 0.1) is 18.8 Å². The molecule has 0 aliphatic carbocycles. The summed E-state index contributed by atoms with van der Waals surface area (Å²) in [6, 6.07) is -0.578. The third-order valence-corrected chi connectivity index (χ3v) is 7.80. The first-order valence-corrected chi connectivity index (χ1v) is 12.9. The van der Waals surface area contributed by atoms with E-state index in [2.05, 4.69) is 13.4 Å². The van der Waals surface area contributed by atoms with Crippen LogP contribution in [0.25, 0.3) is 0 Å². The van der Waals surface area contributed by atoms with Crippen molar-refractivity contribution in [1.82, 2.24) is 9.55 Å². The number of aromatic nitrogens is 2. The molecule has 2 unspecified atom stereocenters. The Morgan fingerprint density at radius 3 is 2.34 bits per heavy atom. The molecule has 18 nitrogen and oxygen atoms in total. The molecule has 20 heteroatoms. The van der Waals surface area contributed by atoms with Crippen molar-refractivity contribution >= 4 is 15.6 Å². The molecule has 0 amide bonds. The highest BCUT2D eigenvalue weighted by molar-refractivity contribution is 7.61. The lowest BCUT2D eigenvalue weighted by Crippen LogP contribution is -2.60. The fraction of sp³-hybridized carbons (Fsp3) is 0.733. The molecule has 2 aliphatic rings. The Bertz CT molecular complexity index is 1110. The number of aromatic amines is 1. The highest BCUT2D eigenvalue weighted by atomic mass is 31.3. The maximum absolute atomic E-state index is 12.2. The Balaban J connectivity index is 1.61. The molecule has 200 valence electrons. The van der Waals surface area contributed by atoms with E-state index in [4.69, 9.17) is 15.2 Å². The number of aliphatic hydroxyl groups excluding tert-OH is 4. The summed E-state index contributed by atoms with van der Waals surface area (Å²) in [5.41, 5.74) is 3.87. The van der Waals surface area contributed by atoms with Gasteiger partial charge in [-0.15, -0.1) is 0 Å². The summed E-state index contributed by atoms with van der Waals surface area (Å²) in [5, 5.41) is 39.8. The van der Waals surface area contributed by atoms with E-state index in [0.717, 1.165) is 16.8 Å². The van der Waals surface area contributed by atoms with E-state index in [0.29, 0.717) is 0 Å². The minimum atomic E-state index is -5.42. The highest BCUT2D eigenvalue weighted by Crippen LogP contribution is 2.61. The van der Waals surface area contributed by atoms with Crippen LogP contribution in [0.5, 0.6) is 0 Å². The van der Waals surface area contributed by atoms with Gasteiger partial charge >= 0.3 is 21.3 Å². The first-order valence-electron chi connectivity index (χ1n) is 9.92. The molecular formula is C15H25N3O15P2. The van der Waals surface area contributed by atoms with Crippen LogP contribution in [0.1, 0.15) is 13.2 Å². The van der Waals surface area contributed by atoms with Crippen molar-refractivity contribution in [3.8, 4) is 0 Å². The first-order chi connectivity index (χ1) is 16.1. The molecular weight excluding hydrogens is 524 g/mol. The van der Waals surface area contributed by atoms with Gasteiger partial charge in [0, 0.05) is 12.3 Å². The van der Waals surface area contributed by atoms with Crippen LogP contribution >= 0.6 is 15.6 Å². The molecule has 9 N–H and O–H groups in total. The maximum atomic E-state index is 12.2. The lowest BCUT2D eigenvalue weighted by molar-refractivity contribution is -0.230. The van der Waals surface area contributed by atoms with E-state index >= 15 is 0 Å². The lowest BCUT2D eigenvalue weighted by Gasteiger charge is -2.39. The van der Waals surface area contributed by atoms with E-state index in [9.17, 15) is 48.9 Å². The van der Waals surface area contributed by atoms with Crippen LogP contribution in [0.3, 0.4) is 0 Å². The molecule has 11 atom stereocenters. The predicted molar refractivity (Wildman–Crippen MR) is 109 cm³/mol. The smallest absolute Gasteiger partial charge is 0.388 e. The second-order valence-corrected chi connectivity index (χ2v) is 10.7. The SMILES string of the molecule is C[C@@H]1O[C@H](OP(=O)(O)OP(=O)(O)OC[C@H]2O[C@@H](n3ccc(=O)[nH]c3=O)[C@H](O)[C@@H]2O)[C@@H](N)[C@H](O)[C@@H]1O. The van der Waals surface area contributed by atoms with Crippen LogP contribution < -0.4 is 17.0 Å². The molecule has 3 rings (SSSR count). The van der Waals surface area contributed by atoms with Crippen LogP contribution in [0.2, 0.25) is 0 Å². The lowest BCUT2D eigenvalue weighted by atomic mass is 9.99. The highest BCUT2D eigenvalue weighted by Gasteiger charge is 2.48. The van der Waals surface area contributed by atoms with Crippen molar-refractivity contribution in [1.29, 1.82) is 0 Å². The Kier molecular flexibility index (Phi) is 8.52. The largest absolute Gasteiger partial charge is 0.483 e. The second-order valence-electron chi connectivity index (χ2n) is 7.75. The first kappa shape index (κ1) is 28.2. The topological polar surface area (TPSA) is 283 Å². The third kappa shape index (κ3) is 6.51. The van der Waals surface area contributed by atoms with Gasteiger partial charge in [-0.2, -0.15) is 4.31 Å². The van der Waals surface area contributed by atoms with Gasteiger partial charge in [0.15, 0.2) is 12.5 Å².